The van der Waals surface area contributed by atoms with Gasteiger partial charge >= 0.3 is 0 Å². The van der Waals surface area contributed by atoms with Gasteiger partial charge in [-0.25, -0.2) is 4.98 Å². The Morgan fingerprint density at radius 3 is 2.84 bits per heavy atom. The lowest BCUT2D eigenvalue weighted by molar-refractivity contribution is 0.375. The van der Waals surface area contributed by atoms with E-state index in [1.165, 1.54) is 25.7 Å². The molecule has 1 saturated heterocycles. The minimum absolute atomic E-state index is 0.574. The smallest absolute Gasteiger partial charge is 0.147 e. The number of rotatable bonds is 4. The highest BCUT2D eigenvalue weighted by molar-refractivity contribution is 5.38. The first-order valence-electron chi connectivity index (χ1n) is 7.53. The first-order valence-corrected chi connectivity index (χ1v) is 7.53. The summed E-state index contributed by atoms with van der Waals surface area (Å²) in [6.45, 7) is 6.60. The number of piperidine rings is 1. The van der Waals surface area contributed by atoms with Crippen molar-refractivity contribution < 1.29 is 0 Å². The molecule has 0 bridgehead atoms. The summed E-state index contributed by atoms with van der Waals surface area (Å²) >= 11 is 0. The maximum atomic E-state index is 4.77. The highest BCUT2D eigenvalue weighted by Gasteiger charge is 2.24. The van der Waals surface area contributed by atoms with Crippen LogP contribution in [0.25, 0.3) is 0 Å². The molecule has 3 rings (SSSR count). The van der Waals surface area contributed by atoms with Crippen LogP contribution >= 0.6 is 0 Å². The Hall–Kier alpha value is -1.16. The number of hydrogen-bond acceptors (Lipinski definition) is 4. The third-order valence-electron chi connectivity index (χ3n) is 4.25. The third-order valence-corrected chi connectivity index (χ3v) is 4.25. The first-order chi connectivity index (χ1) is 9.22. The van der Waals surface area contributed by atoms with E-state index in [1.807, 2.05) is 12.4 Å². The Balaban J connectivity index is 1.67. The molecule has 2 aliphatic rings. The molecule has 1 saturated carbocycles. The van der Waals surface area contributed by atoms with Gasteiger partial charge in [0.1, 0.15) is 5.82 Å². The van der Waals surface area contributed by atoms with Crippen LogP contribution in [0.3, 0.4) is 0 Å². The van der Waals surface area contributed by atoms with Crippen molar-refractivity contribution >= 4 is 5.82 Å². The summed E-state index contributed by atoms with van der Waals surface area (Å²) in [6, 6.07) is 1.30. The SMILES string of the molecule is CC1CCN(c2cncc(CNC3CC3)n2)C(C)C1. The predicted octanol–water partition coefficient (Wildman–Crippen LogP) is 2.35. The molecular weight excluding hydrogens is 236 g/mol. The van der Waals surface area contributed by atoms with Gasteiger partial charge < -0.3 is 10.2 Å². The van der Waals surface area contributed by atoms with Gasteiger partial charge in [0.25, 0.3) is 0 Å². The first kappa shape index (κ1) is 12.9. The van der Waals surface area contributed by atoms with Crippen LogP contribution in [0.4, 0.5) is 5.82 Å². The summed E-state index contributed by atoms with van der Waals surface area (Å²) < 4.78 is 0. The molecule has 2 unspecified atom stereocenters. The quantitative estimate of drug-likeness (QED) is 0.902. The number of nitrogens with one attached hydrogen (secondary N) is 1. The van der Waals surface area contributed by atoms with Gasteiger partial charge in [-0.3, -0.25) is 4.98 Å². The van der Waals surface area contributed by atoms with Gasteiger partial charge in [0.05, 0.1) is 11.9 Å². The summed E-state index contributed by atoms with van der Waals surface area (Å²) in [7, 11) is 0. The standard InChI is InChI=1S/C15H24N4/c1-11-5-6-19(12(2)7-11)15-10-16-8-14(18-15)9-17-13-3-4-13/h8,10-13,17H,3-7,9H2,1-2H3. The maximum absolute atomic E-state index is 4.77. The van der Waals surface area contributed by atoms with Gasteiger partial charge in [-0.2, -0.15) is 0 Å². The number of nitrogens with zero attached hydrogens (tertiary/aromatic N) is 3. The van der Waals surface area contributed by atoms with Gasteiger partial charge in [0.2, 0.25) is 0 Å². The second-order valence-electron chi connectivity index (χ2n) is 6.20. The molecular formula is C15H24N4. The lowest BCUT2D eigenvalue weighted by atomic mass is 9.93. The van der Waals surface area contributed by atoms with Crippen molar-refractivity contribution in [2.24, 2.45) is 5.92 Å². The van der Waals surface area contributed by atoms with Gasteiger partial charge in [-0.1, -0.05) is 6.92 Å². The van der Waals surface area contributed by atoms with E-state index in [4.69, 9.17) is 4.98 Å². The van der Waals surface area contributed by atoms with Crippen molar-refractivity contribution in [3.8, 4) is 0 Å². The Morgan fingerprint density at radius 1 is 1.26 bits per heavy atom. The Bertz CT molecular complexity index is 430. The zero-order valence-corrected chi connectivity index (χ0v) is 12.0. The van der Waals surface area contributed by atoms with Crippen molar-refractivity contribution in [1.82, 2.24) is 15.3 Å². The summed E-state index contributed by atoms with van der Waals surface area (Å²) in [5, 5.41) is 3.50. The zero-order valence-electron chi connectivity index (χ0n) is 12.0. The summed E-state index contributed by atoms with van der Waals surface area (Å²) in [4.78, 5) is 11.6. The van der Waals surface area contributed by atoms with E-state index in [0.717, 1.165) is 36.6 Å². The summed E-state index contributed by atoms with van der Waals surface area (Å²) in [6.07, 6.45) is 8.94. The molecule has 104 valence electrons. The molecule has 2 fully saturated rings. The van der Waals surface area contributed by atoms with E-state index >= 15 is 0 Å². The van der Waals surface area contributed by atoms with Crippen LogP contribution < -0.4 is 10.2 Å². The Morgan fingerprint density at radius 2 is 2.11 bits per heavy atom. The van der Waals surface area contributed by atoms with Crippen LogP contribution in [0.1, 0.15) is 45.2 Å². The molecule has 1 aliphatic heterocycles. The van der Waals surface area contributed by atoms with E-state index in [0.29, 0.717) is 6.04 Å². The fourth-order valence-electron chi connectivity index (χ4n) is 2.90. The fraction of sp³-hybridized carbons (Fsp3) is 0.733. The second kappa shape index (κ2) is 5.45. The molecule has 1 aromatic rings. The van der Waals surface area contributed by atoms with E-state index in [1.54, 1.807) is 0 Å². The van der Waals surface area contributed by atoms with Crippen molar-refractivity contribution in [1.29, 1.82) is 0 Å². The highest BCUT2D eigenvalue weighted by Crippen LogP contribution is 2.26. The molecule has 2 atom stereocenters. The van der Waals surface area contributed by atoms with Gasteiger partial charge in [-0.15, -0.1) is 0 Å². The maximum Gasteiger partial charge on any atom is 0.147 e. The second-order valence-corrected chi connectivity index (χ2v) is 6.20. The lowest BCUT2D eigenvalue weighted by Gasteiger charge is -2.37. The Labute approximate surface area is 115 Å². The van der Waals surface area contributed by atoms with Crippen molar-refractivity contribution in [3.05, 3.63) is 18.1 Å². The molecule has 0 amide bonds. The van der Waals surface area contributed by atoms with Crippen LogP contribution in [0.15, 0.2) is 12.4 Å². The minimum Gasteiger partial charge on any atom is -0.353 e. The molecule has 0 aromatic carbocycles. The summed E-state index contributed by atoms with van der Waals surface area (Å²) in [5.41, 5.74) is 1.07. The largest absolute Gasteiger partial charge is 0.353 e. The van der Waals surface area contributed by atoms with E-state index in [9.17, 15) is 0 Å². The van der Waals surface area contributed by atoms with Gasteiger partial charge in [0, 0.05) is 31.4 Å². The number of hydrogen-bond donors (Lipinski definition) is 1. The van der Waals surface area contributed by atoms with Crippen LogP contribution in [0.5, 0.6) is 0 Å². The zero-order chi connectivity index (χ0) is 13.2. The van der Waals surface area contributed by atoms with E-state index in [-0.39, 0.29) is 0 Å². The van der Waals surface area contributed by atoms with E-state index in [2.05, 4.69) is 29.0 Å². The molecule has 1 aromatic heterocycles. The Kier molecular flexibility index (Phi) is 3.69. The molecule has 2 heterocycles. The third kappa shape index (κ3) is 3.24. The average Bonchev–Trinajstić information content (AvgIpc) is 3.21. The molecule has 1 N–H and O–H groups in total. The van der Waals surface area contributed by atoms with Crippen molar-refractivity contribution in [2.45, 2.75) is 58.2 Å². The minimum atomic E-state index is 0.574. The molecule has 4 nitrogen and oxygen atoms in total. The monoisotopic (exact) mass is 260 g/mol. The normalized spacial score (nSPS) is 27.6. The van der Waals surface area contributed by atoms with Gasteiger partial charge in [0.15, 0.2) is 0 Å². The average molecular weight is 260 g/mol. The number of aromatic nitrogens is 2. The van der Waals surface area contributed by atoms with Crippen molar-refractivity contribution in [2.75, 3.05) is 11.4 Å². The molecule has 0 radical (unpaired) electrons. The molecule has 4 heteroatoms. The van der Waals surface area contributed by atoms with E-state index < -0.39 is 0 Å². The predicted molar refractivity (Wildman–Crippen MR) is 77.1 cm³/mol. The molecule has 0 spiro atoms. The van der Waals surface area contributed by atoms with Crippen LogP contribution in [-0.2, 0) is 6.54 Å². The van der Waals surface area contributed by atoms with Crippen LogP contribution in [-0.4, -0.2) is 28.6 Å². The lowest BCUT2D eigenvalue weighted by Crippen LogP contribution is -2.41. The molecule has 19 heavy (non-hydrogen) atoms. The number of anilines is 1. The van der Waals surface area contributed by atoms with Crippen LogP contribution in [0, 0.1) is 5.92 Å². The summed E-state index contributed by atoms with van der Waals surface area (Å²) in [5.74, 6) is 1.88. The molecule has 1 aliphatic carbocycles. The fourth-order valence-corrected chi connectivity index (χ4v) is 2.90. The highest BCUT2D eigenvalue weighted by atomic mass is 15.2. The van der Waals surface area contributed by atoms with Crippen molar-refractivity contribution in [3.63, 3.8) is 0 Å². The van der Waals surface area contributed by atoms with Gasteiger partial charge in [-0.05, 0) is 38.5 Å². The topological polar surface area (TPSA) is 41.1 Å². The van der Waals surface area contributed by atoms with Crippen LogP contribution in [0.2, 0.25) is 0 Å².